The van der Waals surface area contributed by atoms with Crippen LogP contribution >= 0.6 is 0 Å². The number of piperidine rings is 1. The van der Waals surface area contributed by atoms with E-state index in [-0.39, 0.29) is 60.4 Å². The summed E-state index contributed by atoms with van der Waals surface area (Å²) >= 11 is 0. The maximum atomic E-state index is 16.2. The van der Waals surface area contributed by atoms with Gasteiger partial charge in [0, 0.05) is 58.5 Å². The molecule has 3 heterocycles. The number of carbonyl (C=O) groups excluding carboxylic acids is 5. The van der Waals surface area contributed by atoms with Crippen molar-refractivity contribution in [3.05, 3.63) is 47.6 Å². The van der Waals surface area contributed by atoms with Gasteiger partial charge in [-0.2, -0.15) is 0 Å². The van der Waals surface area contributed by atoms with Crippen molar-refractivity contribution in [3.8, 4) is 0 Å². The van der Waals surface area contributed by atoms with Crippen LogP contribution in [0.25, 0.3) is 0 Å². The molecule has 0 radical (unpaired) electrons. The number of aliphatic hydroxyl groups is 2. The lowest BCUT2D eigenvalue weighted by molar-refractivity contribution is -0.265. The zero-order valence-electron chi connectivity index (χ0n) is 40.5. The van der Waals surface area contributed by atoms with Crippen LogP contribution in [0.15, 0.2) is 47.6 Å². The molecular formula is C51H78FNO12. The predicted molar refractivity (Wildman–Crippen MR) is 244 cm³/mol. The van der Waals surface area contributed by atoms with E-state index in [2.05, 4.69) is 0 Å². The smallest absolute Gasteiger partial charge is 0.329 e. The molecule has 4 aliphatic rings. The Labute approximate surface area is 386 Å². The number of halogens is 1. The third-order valence-corrected chi connectivity index (χ3v) is 14.4. The normalized spacial score (nSPS) is 37.8. The summed E-state index contributed by atoms with van der Waals surface area (Å²) in [4.78, 5) is 71.6. The van der Waals surface area contributed by atoms with Crippen LogP contribution in [0.4, 0.5) is 4.39 Å². The van der Waals surface area contributed by atoms with Gasteiger partial charge in [-0.1, -0.05) is 71.1 Å². The summed E-state index contributed by atoms with van der Waals surface area (Å²) in [5, 5.41) is 22.4. The molecule has 2 N–H and O–H groups in total. The summed E-state index contributed by atoms with van der Waals surface area (Å²) in [7, 11) is 4.43. The van der Waals surface area contributed by atoms with E-state index < -0.39 is 83.9 Å². The van der Waals surface area contributed by atoms with Crippen LogP contribution in [-0.4, -0.2) is 127 Å². The summed E-state index contributed by atoms with van der Waals surface area (Å²) in [6.07, 6.45) is 9.99. The number of rotatable bonds is 6. The van der Waals surface area contributed by atoms with Gasteiger partial charge in [0.25, 0.3) is 11.7 Å². The number of methoxy groups -OCH3 is 3. The molecule has 1 amide bonds. The number of ether oxygens (including phenoxy) is 5. The molecule has 2 saturated heterocycles. The van der Waals surface area contributed by atoms with Gasteiger partial charge in [-0.05, 0) is 107 Å². The molecule has 15 atom stereocenters. The van der Waals surface area contributed by atoms with E-state index in [0.29, 0.717) is 64.2 Å². The Kier molecular flexibility index (Phi) is 20.9. The average Bonchev–Trinajstić information content (AvgIpc) is 3.28. The highest BCUT2D eigenvalue weighted by atomic mass is 19.1. The fourth-order valence-corrected chi connectivity index (χ4v) is 10.1. The van der Waals surface area contributed by atoms with Crippen LogP contribution in [-0.2, 0) is 47.7 Å². The number of allylic oxidation sites excluding steroid dienone is 7. The number of cyclic esters (lactones) is 1. The maximum Gasteiger partial charge on any atom is 0.329 e. The van der Waals surface area contributed by atoms with Crippen molar-refractivity contribution >= 4 is 29.2 Å². The highest BCUT2D eigenvalue weighted by Gasteiger charge is 2.53. The molecule has 3 fully saturated rings. The Balaban J connectivity index is 1.70. The molecular weight excluding hydrogens is 838 g/mol. The number of carbonyl (C=O) groups is 5. The van der Waals surface area contributed by atoms with Crippen molar-refractivity contribution in [1.29, 1.82) is 0 Å². The summed E-state index contributed by atoms with van der Waals surface area (Å²) < 4.78 is 45.4. The largest absolute Gasteiger partial charge is 0.460 e. The van der Waals surface area contributed by atoms with Crippen LogP contribution in [0, 0.1) is 35.5 Å². The second-order valence-electron chi connectivity index (χ2n) is 19.6. The number of ketones is 3. The minimum Gasteiger partial charge on any atom is -0.460 e. The number of aliphatic hydroxyl groups excluding tert-OH is 1. The molecule has 0 aromatic carbocycles. The Hall–Kier alpha value is -3.40. The number of esters is 1. The molecule has 65 heavy (non-hydrogen) atoms. The van der Waals surface area contributed by atoms with Crippen LogP contribution < -0.4 is 0 Å². The zero-order valence-corrected chi connectivity index (χ0v) is 40.5. The van der Waals surface area contributed by atoms with Crippen LogP contribution in [0.2, 0.25) is 0 Å². The molecule has 0 spiro atoms. The zero-order chi connectivity index (χ0) is 48.2. The lowest BCUT2D eigenvalue weighted by Gasteiger charge is -2.42. The molecule has 1 aliphatic carbocycles. The molecule has 8 unspecified atom stereocenters. The Bertz CT molecular complexity index is 1760. The van der Waals surface area contributed by atoms with E-state index in [0.717, 1.165) is 5.57 Å². The highest BCUT2D eigenvalue weighted by molar-refractivity contribution is 6.39. The quantitative estimate of drug-likeness (QED) is 0.204. The number of alkyl halides is 1. The lowest BCUT2D eigenvalue weighted by Crippen LogP contribution is -2.61. The third kappa shape index (κ3) is 14.3. The monoisotopic (exact) mass is 916 g/mol. The minimum absolute atomic E-state index is 0.0188. The van der Waals surface area contributed by atoms with Gasteiger partial charge >= 0.3 is 5.97 Å². The van der Waals surface area contributed by atoms with Gasteiger partial charge in [0.15, 0.2) is 11.6 Å². The van der Waals surface area contributed by atoms with Gasteiger partial charge in [0.1, 0.15) is 24.4 Å². The second kappa shape index (κ2) is 25.1. The fourth-order valence-electron chi connectivity index (χ4n) is 10.1. The SMILES string of the molecule is COC1C[C@@H]2CC[C@@H](C)C(O)(O2)C(=O)C(=O)N2CCCC[C@H]2C(=O)OC([C@H](C)C[C@@H]2CCC(O)C(OC)C2)CC(=O)C(C)=CC(C)C(F)C(OC)C(=O)[C@H](C)C[C@H](C)C=CC=CC=C1C. The molecule has 366 valence electrons. The molecule has 2 bridgehead atoms. The molecule has 3 aliphatic heterocycles. The van der Waals surface area contributed by atoms with Crippen LogP contribution in [0.1, 0.15) is 126 Å². The number of nitrogens with zero attached hydrogens (tertiary/aromatic N) is 1. The van der Waals surface area contributed by atoms with E-state index in [9.17, 15) is 34.2 Å². The van der Waals surface area contributed by atoms with Crippen molar-refractivity contribution in [3.63, 3.8) is 0 Å². The van der Waals surface area contributed by atoms with Crippen molar-refractivity contribution in [1.82, 2.24) is 4.90 Å². The van der Waals surface area contributed by atoms with Gasteiger partial charge in [-0.3, -0.25) is 19.2 Å². The predicted octanol–water partition coefficient (Wildman–Crippen LogP) is 7.16. The van der Waals surface area contributed by atoms with Gasteiger partial charge < -0.3 is 38.8 Å². The molecule has 0 aromatic rings. The van der Waals surface area contributed by atoms with Crippen molar-refractivity contribution in [2.75, 3.05) is 27.9 Å². The first-order valence-corrected chi connectivity index (χ1v) is 23.9. The van der Waals surface area contributed by atoms with E-state index in [1.165, 1.54) is 18.1 Å². The Morgan fingerprint density at radius 1 is 0.892 bits per heavy atom. The number of fused-ring (bicyclic) bond motifs is 3. The van der Waals surface area contributed by atoms with E-state index >= 15 is 4.39 Å². The van der Waals surface area contributed by atoms with Gasteiger partial charge in [-0.25, -0.2) is 9.18 Å². The van der Waals surface area contributed by atoms with Crippen LogP contribution in [0.5, 0.6) is 0 Å². The number of amides is 1. The van der Waals surface area contributed by atoms with Gasteiger partial charge in [0.05, 0.1) is 24.4 Å². The van der Waals surface area contributed by atoms with Crippen molar-refractivity contribution in [2.45, 2.75) is 180 Å². The fraction of sp³-hybridized carbons (Fsp3) is 0.745. The maximum absolute atomic E-state index is 16.2. The second-order valence-corrected chi connectivity index (χ2v) is 19.6. The first kappa shape index (κ1) is 54.2. The summed E-state index contributed by atoms with van der Waals surface area (Å²) in [5.74, 6) is -8.56. The lowest BCUT2D eigenvalue weighted by atomic mass is 9.78. The Morgan fingerprint density at radius 2 is 1.62 bits per heavy atom. The molecule has 0 aromatic heterocycles. The van der Waals surface area contributed by atoms with Crippen molar-refractivity contribution in [2.24, 2.45) is 35.5 Å². The summed E-state index contributed by atoms with van der Waals surface area (Å²) in [6.45, 7) is 12.4. The molecule has 4 rings (SSSR count). The molecule has 1 saturated carbocycles. The van der Waals surface area contributed by atoms with Crippen molar-refractivity contribution < 1.29 is 62.3 Å². The third-order valence-electron chi connectivity index (χ3n) is 14.4. The standard InChI is InChI=1S/C51H78FNO12/c1-30-16-12-11-13-17-31(2)42(61-8)28-38-21-19-36(7)51(60,65-38)48(57)49(58)53-23-15-14-18-39(53)50(59)64-43(33(4)26-37-20-22-40(54)44(27-37)62-9)29-41(55)32(3)25-34(5)45(52)47(63-10)46(56)35(6)24-30/h11-13,16-17,25,30,33-40,42-45,47,54,60H,14-15,18-24,26-29H2,1-10H3/t30-,33-,34?,35-,36-,37+,38+,39+,40?,42?,43?,44?,45?,47?,51?/m1/s1. The highest BCUT2D eigenvalue weighted by Crippen LogP contribution is 2.38. The number of Topliss-reactive ketones (excluding diaryl/α,β-unsaturated/α-hetero) is 3. The molecule has 14 heteroatoms. The topological polar surface area (TPSA) is 175 Å². The first-order valence-electron chi connectivity index (χ1n) is 23.9. The molecule has 13 nitrogen and oxygen atoms in total. The van der Waals surface area contributed by atoms with E-state index in [1.807, 2.05) is 51.2 Å². The minimum atomic E-state index is -2.44. The number of hydrogen-bond donors (Lipinski definition) is 2. The van der Waals surface area contributed by atoms with Crippen LogP contribution in [0.3, 0.4) is 0 Å². The number of hydrogen-bond acceptors (Lipinski definition) is 12. The van der Waals surface area contributed by atoms with E-state index in [1.54, 1.807) is 41.9 Å². The van der Waals surface area contributed by atoms with E-state index in [4.69, 9.17) is 23.7 Å². The first-order chi connectivity index (χ1) is 30.7. The Morgan fingerprint density at radius 3 is 2.29 bits per heavy atom. The van der Waals surface area contributed by atoms with Gasteiger partial charge in [0.2, 0.25) is 5.79 Å². The average molecular weight is 916 g/mol. The van der Waals surface area contributed by atoms with Gasteiger partial charge in [-0.15, -0.1) is 0 Å². The summed E-state index contributed by atoms with van der Waals surface area (Å²) in [5.41, 5.74) is 1.10. The summed E-state index contributed by atoms with van der Waals surface area (Å²) in [6, 6.07) is -1.16.